The largest absolute Gasteiger partial charge is 0.393 e. The van der Waals surface area contributed by atoms with Gasteiger partial charge in [-0.3, -0.25) is 19.2 Å². The Hall–Kier alpha value is -3.72. The van der Waals surface area contributed by atoms with E-state index >= 15 is 0 Å². The zero-order valence-electron chi connectivity index (χ0n) is 29.7. The number of rotatable bonds is 32. The fraction of sp³-hybridized carbons (Fsp3) is 0.722. The Morgan fingerprint density at radius 2 is 0.902 bits per heavy atom. The summed E-state index contributed by atoms with van der Waals surface area (Å²) in [5.74, 6) is 5.57. The molecule has 1 fully saturated rings. The molecule has 5 N–H and O–H groups in total. The number of carbonyl (C=O) groups excluding carboxylic acids is 4. The van der Waals surface area contributed by atoms with Gasteiger partial charge in [-0.15, -0.1) is 19.3 Å². The normalized spacial score (nSPS) is 15.0. The zero-order chi connectivity index (χ0) is 37.4. The van der Waals surface area contributed by atoms with E-state index in [-0.39, 0.29) is 121 Å². The van der Waals surface area contributed by atoms with Crippen LogP contribution in [0.3, 0.4) is 0 Å². The van der Waals surface area contributed by atoms with E-state index in [0.29, 0.717) is 52.5 Å². The predicted molar refractivity (Wildman–Crippen MR) is 188 cm³/mol. The lowest BCUT2D eigenvalue weighted by atomic mass is 9.78. The van der Waals surface area contributed by atoms with Crippen molar-refractivity contribution in [3.05, 3.63) is 0 Å². The lowest BCUT2D eigenvalue weighted by molar-refractivity contribution is -0.135. The van der Waals surface area contributed by atoms with Gasteiger partial charge in [0.15, 0.2) is 0 Å². The second-order valence-corrected chi connectivity index (χ2v) is 11.7. The molecule has 286 valence electrons. The number of hydrogen-bond acceptors (Lipinski definition) is 11. The van der Waals surface area contributed by atoms with Crippen LogP contribution in [-0.2, 0) is 47.6 Å². The molecular weight excluding hydrogens is 664 g/mol. The molecular formula is C36H56N4O11. The lowest BCUT2D eigenvalue weighted by Crippen LogP contribution is -2.54. The van der Waals surface area contributed by atoms with Gasteiger partial charge in [0.05, 0.1) is 65.6 Å². The monoisotopic (exact) mass is 720 g/mol. The Labute approximate surface area is 302 Å². The highest BCUT2D eigenvalue weighted by atomic mass is 16.5. The summed E-state index contributed by atoms with van der Waals surface area (Å²) in [4.78, 5) is 51.9. The van der Waals surface area contributed by atoms with Gasteiger partial charge in [0.2, 0.25) is 23.6 Å². The number of amides is 4. The molecule has 0 unspecified atom stereocenters. The van der Waals surface area contributed by atoms with Crippen LogP contribution >= 0.6 is 0 Å². The summed E-state index contributed by atoms with van der Waals surface area (Å²) in [5.41, 5.74) is -1.07. The summed E-state index contributed by atoms with van der Waals surface area (Å²) >= 11 is 0. The van der Waals surface area contributed by atoms with E-state index < -0.39 is 17.6 Å². The van der Waals surface area contributed by atoms with Crippen LogP contribution in [0.15, 0.2) is 0 Å². The minimum absolute atomic E-state index is 0.0211. The molecule has 0 radical (unpaired) electrons. The molecule has 1 aliphatic carbocycles. The fourth-order valence-electron chi connectivity index (χ4n) is 4.89. The molecule has 0 atom stereocenters. The molecule has 15 nitrogen and oxygen atoms in total. The van der Waals surface area contributed by atoms with E-state index in [2.05, 4.69) is 39.0 Å². The van der Waals surface area contributed by atoms with Crippen LogP contribution in [0.1, 0.15) is 51.4 Å². The Bertz CT molecular complexity index is 1010. The molecule has 1 rings (SSSR count). The number of aliphatic hydroxyl groups excluding tert-OH is 1. The number of ether oxygens (including phenoxy) is 6. The van der Waals surface area contributed by atoms with Gasteiger partial charge in [0.1, 0.15) is 19.8 Å². The minimum Gasteiger partial charge on any atom is -0.393 e. The smallest absolute Gasteiger partial charge is 0.223 e. The molecule has 0 saturated heterocycles. The molecule has 0 heterocycles. The average molecular weight is 721 g/mol. The maximum absolute atomic E-state index is 13.3. The molecule has 51 heavy (non-hydrogen) atoms. The van der Waals surface area contributed by atoms with Gasteiger partial charge in [0.25, 0.3) is 0 Å². The number of hydrogen-bond donors (Lipinski definition) is 5. The highest BCUT2D eigenvalue weighted by molar-refractivity contribution is 5.82. The topological polar surface area (TPSA) is 192 Å². The molecule has 1 saturated carbocycles. The average Bonchev–Trinajstić information content (AvgIpc) is 3.10. The van der Waals surface area contributed by atoms with Crippen molar-refractivity contribution in [2.45, 2.75) is 63.0 Å². The molecule has 0 spiro atoms. The zero-order valence-corrected chi connectivity index (χ0v) is 29.7. The van der Waals surface area contributed by atoms with E-state index in [1.165, 1.54) is 0 Å². The van der Waals surface area contributed by atoms with Crippen molar-refractivity contribution in [3.63, 3.8) is 0 Å². The maximum Gasteiger partial charge on any atom is 0.223 e. The van der Waals surface area contributed by atoms with Gasteiger partial charge in [-0.25, -0.2) is 0 Å². The summed E-state index contributed by atoms with van der Waals surface area (Å²) in [5, 5.41) is 21.3. The second kappa shape index (κ2) is 30.0. The van der Waals surface area contributed by atoms with Crippen LogP contribution in [0.2, 0.25) is 0 Å². The second-order valence-electron chi connectivity index (χ2n) is 11.7. The van der Waals surface area contributed by atoms with Crippen LogP contribution in [0.5, 0.6) is 0 Å². The SMILES string of the molecule is C#CCOCCOCCNC(=O)CCC(CCC(=O)NCCOCCOCC#C)(CCC(=O)NCCOCCOCC#C)NC(=O)[C@H]1C[C@H](O)C1. The van der Waals surface area contributed by atoms with Gasteiger partial charge >= 0.3 is 0 Å². The van der Waals surface area contributed by atoms with Crippen molar-refractivity contribution in [2.75, 3.05) is 98.9 Å². The Morgan fingerprint density at radius 1 is 0.569 bits per heavy atom. The van der Waals surface area contributed by atoms with Crippen LogP contribution in [0, 0.1) is 42.9 Å². The van der Waals surface area contributed by atoms with Crippen molar-refractivity contribution >= 4 is 23.6 Å². The summed E-state index contributed by atoms with van der Waals surface area (Å²) in [7, 11) is 0. The summed E-state index contributed by atoms with van der Waals surface area (Å²) in [6, 6.07) is 0. The summed E-state index contributed by atoms with van der Waals surface area (Å²) in [6.45, 7) is 4.14. The van der Waals surface area contributed by atoms with Crippen LogP contribution in [-0.4, -0.2) is 139 Å². The Kier molecular flexibility index (Phi) is 26.6. The number of aliphatic hydroxyl groups is 1. The van der Waals surface area contributed by atoms with Gasteiger partial charge in [-0.2, -0.15) is 0 Å². The van der Waals surface area contributed by atoms with E-state index in [4.69, 9.17) is 47.7 Å². The van der Waals surface area contributed by atoms with E-state index in [9.17, 15) is 24.3 Å². The number of nitrogens with one attached hydrogen (secondary N) is 4. The molecule has 0 aromatic rings. The molecule has 1 aliphatic rings. The van der Waals surface area contributed by atoms with Crippen LogP contribution in [0.25, 0.3) is 0 Å². The summed E-state index contributed by atoms with van der Waals surface area (Å²) in [6.07, 6.45) is 16.1. The van der Waals surface area contributed by atoms with Gasteiger partial charge in [-0.1, -0.05) is 17.8 Å². The standard InChI is InChI=1S/C36H56N4O11/c1-4-16-46-22-25-49-19-13-37-32(42)7-10-36(40-35(45)30-28-31(41)29-30,11-8-33(43)38-14-20-50-26-23-47-17-5-2)12-9-34(44)39-15-21-51-27-24-48-18-6-3/h1-3,30-31,41H,7-29H2,(H,37,42)(H,38,43)(H,39,44)(H,40,45)/t30-,31-. The van der Waals surface area contributed by atoms with Gasteiger partial charge in [-0.05, 0) is 32.1 Å². The minimum atomic E-state index is -1.07. The van der Waals surface area contributed by atoms with Crippen LogP contribution < -0.4 is 21.3 Å². The third-order valence-corrected chi connectivity index (χ3v) is 7.74. The number of carbonyl (C=O) groups is 4. The first kappa shape index (κ1) is 45.3. The fourth-order valence-corrected chi connectivity index (χ4v) is 4.89. The molecule has 0 aromatic carbocycles. The molecule has 0 aliphatic heterocycles. The quantitative estimate of drug-likeness (QED) is 0.0436. The first-order valence-corrected chi connectivity index (χ1v) is 17.3. The van der Waals surface area contributed by atoms with Crippen molar-refractivity contribution in [3.8, 4) is 37.0 Å². The van der Waals surface area contributed by atoms with Crippen molar-refractivity contribution in [2.24, 2.45) is 5.92 Å². The van der Waals surface area contributed by atoms with E-state index in [1.54, 1.807) is 0 Å². The highest BCUT2D eigenvalue weighted by Gasteiger charge is 2.39. The Morgan fingerprint density at radius 3 is 1.22 bits per heavy atom. The van der Waals surface area contributed by atoms with E-state index in [0.717, 1.165) is 0 Å². The first-order valence-electron chi connectivity index (χ1n) is 17.3. The molecule has 0 aromatic heterocycles. The third-order valence-electron chi connectivity index (χ3n) is 7.74. The maximum atomic E-state index is 13.3. The molecule has 15 heteroatoms. The first-order chi connectivity index (χ1) is 24.7. The molecule has 0 bridgehead atoms. The Balaban J connectivity index is 2.81. The van der Waals surface area contributed by atoms with Gasteiger partial charge < -0.3 is 54.8 Å². The lowest BCUT2D eigenvalue weighted by Gasteiger charge is -2.39. The van der Waals surface area contributed by atoms with Crippen molar-refractivity contribution in [1.82, 2.24) is 21.3 Å². The van der Waals surface area contributed by atoms with Crippen molar-refractivity contribution in [1.29, 1.82) is 0 Å². The number of terminal acetylenes is 3. The van der Waals surface area contributed by atoms with Gasteiger partial charge in [0, 0.05) is 50.4 Å². The summed E-state index contributed by atoms with van der Waals surface area (Å²) < 4.78 is 31.7. The highest BCUT2D eigenvalue weighted by Crippen LogP contribution is 2.31. The third kappa shape index (κ3) is 24.2. The predicted octanol–water partition coefficient (Wildman–Crippen LogP) is -0.699. The molecule has 4 amide bonds. The van der Waals surface area contributed by atoms with Crippen molar-refractivity contribution < 1.29 is 52.7 Å². The van der Waals surface area contributed by atoms with E-state index in [1.807, 2.05) is 0 Å². The van der Waals surface area contributed by atoms with Crippen LogP contribution in [0.4, 0.5) is 0 Å².